The van der Waals surface area contributed by atoms with E-state index in [0.717, 1.165) is 46.3 Å². The molecule has 2 aromatic heterocycles. The third-order valence-electron chi connectivity index (χ3n) is 6.21. The zero-order valence-electron chi connectivity index (χ0n) is 16.6. The number of nitrogens with one attached hydrogen (secondary N) is 1. The highest BCUT2D eigenvalue weighted by molar-refractivity contribution is 7.99. The first-order valence-corrected chi connectivity index (χ1v) is 11.4. The lowest BCUT2D eigenvalue weighted by Crippen LogP contribution is -2.17. The van der Waals surface area contributed by atoms with Crippen molar-refractivity contribution in [1.29, 1.82) is 0 Å². The van der Waals surface area contributed by atoms with Crippen molar-refractivity contribution in [2.45, 2.75) is 54.0 Å². The molecule has 1 fully saturated rings. The molecule has 0 aliphatic heterocycles. The SMILES string of the molecule is Nc1nc(Sc2ccc3ccccc3c2)nc2c1C(c1cc(C3CC3)n[nH]1)CCC2. The Bertz CT molecular complexity index is 1240. The van der Waals surface area contributed by atoms with E-state index in [-0.39, 0.29) is 5.92 Å². The van der Waals surface area contributed by atoms with E-state index >= 15 is 0 Å². The average molecular weight is 414 g/mol. The summed E-state index contributed by atoms with van der Waals surface area (Å²) in [5.41, 5.74) is 11.0. The van der Waals surface area contributed by atoms with Gasteiger partial charge >= 0.3 is 0 Å². The molecule has 0 radical (unpaired) electrons. The molecule has 0 spiro atoms. The van der Waals surface area contributed by atoms with Crippen LogP contribution in [0, 0.1) is 0 Å². The Morgan fingerprint density at radius 3 is 2.70 bits per heavy atom. The van der Waals surface area contributed by atoms with E-state index in [0.29, 0.717) is 11.7 Å². The Hall–Kier alpha value is -2.86. The number of anilines is 1. The van der Waals surface area contributed by atoms with Gasteiger partial charge in [0.1, 0.15) is 5.82 Å². The number of fused-ring (bicyclic) bond motifs is 2. The Morgan fingerprint density at radius 2 is 1.83 bits per heavy atom. The smallest absolute Gasteiger partial charge is 0.194 e. The molecule has 2 heterocycles. The van der Waals surface area contributed by atoms with Crippen LogP contribution in [0.1, 0.15) is 60.2 Å². The van der Waals surface area contributed by atoms with Crippen molar-refractivity contribution in [1.82, 2.24) is 20.2 Å². The molecular weight excluding hydrogens is 390 g/mol. The van der Waals surface area contributed by atoms with E-state index in [1.165, 1.54) is 29.3 Å². The van der Waals surface area contributed by atoms with Gasteiger partial charge in [-0.1, -0.05) is 30.3 Å². The van der Waals surface area contributed by atoms with Crippen molar-refractivity contribution in [2.24, 2.45) is 0 Å². The number of benzene rings is 2. The van der Waals surface area contributed by atoms with Gasteiger partial charge in [-0.25, -0.2) is 9.97 Å². The van der Waals surface area contributed by atoms with E-state index in [1.807, 2.05) is 0 Å². The van der Waals surface area contributed by atoms with Gasteiger partial charge < -0.3 is 5.73 Å². The summed E-state index contributed by atoms with van der Waals surface area (Å²) in [6.45, 7) is 0. The Morgan fingerprint density at radius 1 is 0.967 bits per heavy atom. The Kier molecular flexibility index (Phi) is 4.27. The highest BCUT2D eigenvalue weighted by Gasteiger charge is 2.31. The molecular formula is C24H23N5S. The summed E-state index contributed by atoms with van der Waals surface area (Å²) < 4.78 is 0. The molecule has 1 atom stereocenters. The van der Waals surface area contributed by atoms with Crippen LogP contribution < -0.4 is 5.73 Å². The lowest BCUT2D eigenvalue weighted by atomic mass is 9.83. The summed E-state index contributed by atoms with van der Waals surface area (Å²) >= 11 is 1.58. The van der Waals surface area contributed by atoms with Crippen LogP contribution in [0.4, 0.5) is 5.82 Å². The first kappa shape index (κ1) is 18.0. The Labute approximate surface area is 179 Å². The molecule has 2 aliphatic carbocycles. The predicted octanol–water partition coefficient (Wildman–Crippen LogP) is 5.43. The highest BCUT2D eigenvalue weighted by atomic mass is 32.2. The minimum absolute atomic E-state index is 0.216. The van der Waals surface area contributed by atoms with Crippen LogP contribution in [0.3, 0.4) is 0 Å². The van der Waals surface area contributed by atoms with Crippen molar-refractivity contribution >= 4 is 28.4 Å². The Balaban J connectivity index is 1.32. The van der Waals surface area contributed by atoms with E-state index in [2.05, 4.69) is 63.7 Å². The summed E-state index contributed by atoms with van der Waals surface area (Å²) in [7, 11) is 0. The maximum Gasteiger partial charge on any atom is 0.194 e. The fraction of sp³-hybridized carbons (Fsp3) is 0.292. The van der Waals surface area contributed by atoms with Crippen molar-refractivity contribution in [3.05, 3.63) is 71.2 Å². The standard InChI is InChI=1S/C24H23N5S/c25-23-22-18(21-13-20(28-29-21)15-8-9-15)6-3-7-19(22)26-24(27-23)30-17-11-10-14-4-1-2-5-16(14)12-17/h1-2,4-5,10-13,15,18H,3,6-9H2,(H,28,29)(H2,25,26,27). The fourth-order valence-corrected chi connectivity index (χ4v) is 5.35. The zero-order chi connectivity index (χ0) is 20.1. The van der Waals surface area contributed by atoms with Crippen molar-refractivity contribution < 1.29 is 0 Å². The third-order valence-corrected chi connectivity index (χ3v) is 7.06. The zero-order valence-corrected chi connectivity index (χ0v) is 17.5. The van der Waals surface area contributed by atoms with E-state index < -0.39 is 0 Å². The number of rotatable bonds is 4. The van der Waals surface area contributed by atoms with Crippen molar-refractivity contribution in [3.8, 4) is 0 Å². The lowest BCUT2D eigenvalue weighted by Gasteiger charge is -2.25. The van der Waals surface area contributed by atoms with E-state index in [1.54, 1.807) is 11.8 Å². The molecule has 1 unspecified atom stereocenters. The first-order valence-electron chi connectivity index (χ1n) is 10.6. The van der Waals surface area contributed by atoms with Gasteiger partial charge in [-0.15, -0.1) is 0 Å². The van der Waals surface area contributed by atoms with Gasteiger partial charge in [-0.2, -0.15) is 5.10 Å². The molecule has 30 heavy (non-hydrogen) atoms. The molecule has 5 nitrogen and oxygen atoms in total. The number of aromatic amines is 1. The van der Waals surface area contributed by atoms with Gasteiger partial charge in [-0.3, -0.25) is 5.10 Å². The van der Waals surface area contributed by atoms with Gasteiger partial charge in [0.15, 0.2) is 5.16 Å². The van der Waals surface area contributed by atoms with E-state index in [4.69, 9.17) is 10.7 Å². The quantitative estimate of drug-likeness (QED) is 0.436. The molecule has 0 saturated heterocycles. The van der Waals surface area contributed by atoms with Gasteiger partial charge in [0.05, 0.1) is 11.4 Å². The van der Waals surface area contributed by atoms with Crippen LogP contribution >= 0.6 is 11.8 Å². The largest absolute Gasteiger partial charge is 0.383 e. The number of hydrogen-bond acceptors (Lipinski definition) is 5. The van der Waals surface area contributed by atoms with Gasteiger partial charge in [0.2, 0.25) is 0 Å². The topological polar surface area (TPSA) is 80.5 Å². The third kappa shape index (κ3) is 3.25. The molecule has 2 aromatic carbocycles. The minimum Gasteiger partial charge on any atom is -0.383 e. The van der Waals surface area contributed by atoms with Crippen LogP contribution in [0.25, 0.3) is 10.8 Å². The van der Waals surface area contributed by atoms with Crippen LogP contribution in [0.15, 0.2) is 58.6 Å². The lowest BCUT2D eigenvalue weighted by molar-refractivity contribution is 0.582. The second-order valence-electron chi connectivity index (χ2n) is 8.33. The van der Waals surface area contributed by atoms with E-state index in [9.17, 15) is 0 Å². The maximum atomic E-state index is 6.49. The predicted molar refractivity (Wildman–Crippen MR) is 120 cm³/mol. The van der Waals surface area contributed by atoms with Crippen molar-refractivity contribution in [3.63, 3.8) is 0 Å². The molecule has 6 heteroatoms. The molecule has 3 N–H and O–H groups in total. The fourth-order valence-electron chi connectivity index (χ4n) is 4.51. The first-order chi connectivity index (χ1) is 14.7. The van der Waals surface area contributed by atoms with Gasteiger partial charge in [0.25, 0.3) is 0 Å². The molecule has 2 aliphatic rings. The second-order valence-corrected chi connectivity index (χ2v) is 9.37. The van der Waals surface area contributed by atoms with Crippen LogP contribution in [0.2, 0.25) is 0 Å². The number of H-pyrrole nitrogens is 1. The maximum absolute atomic E-state index is 6.49. The summed E-state index contributed by atoms with van der Waals surface area (Å²) in [6, 6.07) is 17.1. The summed E-state index contributed by atoms with van der Waals surface area (Å²) in [5.74, 6) is 1.47. The number of hydrogen-bond donors (Lipinski definition) is 2. The average Bonchev–Trinajstić information content (AvgIpc) is 3.50. The number of aromatic nitrogens is 4. The normalized spacial score (nSPS) is 18.5. The van der Waals surface area contributed by atoms with Crippen LogP contribution in [0.5, 0.6) is 0 Å². The molecule has 4 aromatic rings. The van der Waals surface area contributed by atoms with Gasteiger partial charge in [-0.05, 0) is 72.8 Å². The van der Waals surface area contributed by atoms with Crippen LogP contribution in [-0.4, -0.2) is 20.2 Å². The van der Waals surface area contributed by atoms with Crippen LogP contribution in [-0.2, 0) is 6.42 Å². The summed E-state index contributed by atoms with van der Waals surface area (Å²) in [5, 5.41) is 11.0. The number of nitrogen functional groups attached to an aromatic ring is 1. The summed E-state index contributed by atoms with van der Waals surface area (Å²) in [6.07, 6.45) is 5.63. The number of nitrogens with two attached hydrogens (primary N) is 1. The second kappa shape index (κ2) is 7.13. The molecule has 1 saturated carbocycles. The minimum atomic E-state index is 0.216. The number of nitrogens with zero attached hydrogens (tertiary/aromatic N) is 3. The molecule has 150 valence electrons. The van der Waals surface area contributed by atoms with Gasteiger partial charge in [0, 0.05) is 28.0 Å². The highest BCUT2D eigenvalue weighted by Crippen LogP contribution is 2.43. The monoisotopic (exact) mass is 413 g/mol. The van der Waals surface area contributed by atoms with Crippen molar-refractivity contribution in [2.75, 3.05) is 5.73 Å². The molecule has 0 amide bonds. The summed E-state index contributed by atoms with van der Waals surface area (Å²) in [4.78, 5) is 10.7. The molecule has 6 rings (SSSR count). The molecule has 0 bridgehead atoms. The number of aryl methyl sites for hydroxylation is 1.